The monoisotopic (exact) mass is 243 g/mol. The van der Waals surface area contributed by atoms with E-state index in [0.717, 1.165) is 23.0 Å². The molecule has 1 aromatic heterocycles. The molecule has 1 aliphatic carbocycles. The minimum Gasteiger partial charge on any atom is -0.348 e. The second-order valence-corrected chi connectivity index (χ2v) is 4.05. The summed E-state index contributed by atoms with van der Waals surface area (Å²) in [5, 5.41) is 9.54. The molecule has 0 radical (unpaired) electrons. The summed E-state index contributed by atoms with van der Waals surface area (Å²) in [5.41, 5.74) is 1.32. The molecular formula is C8H10BrN3O. The summed E-state index contributed by atoms with van der Waals surface area (Å²) < 4.78 is 0.755. The molecule has 1 heterocycles. The van der Waals surface area contributed by atoms with E-state index in [9.17, 15) is 4.79 Å². The summed E-state index contributed by atoms with van der Waals surface area (Å²) in [6, 6.07) is 0.372. The standard InChI is InChI=1S/C8H10BrN3O/c1-4-6(9)7(12-11-4)8(13)10-5-2-3-5/h5H,2-3H2,1H3,(H,10,13)(H,11,12). The molecule has 70 valence electrons. The summed E-state index contributed by atoms with van der Waals surface area (Å²) >= 11 is 3.31. The predicted molar refractivity (Wildman–Crippen MR) is 51.5 cm³/mol. The lowest BCUT2D eigenvalue weighted by atomic mass is 10.3. The average Bonchev–Trinajstić information content (AvgIpc) is 2.82. The summed E-state index contributed by atoms with van der Waals surface area (Å²) in [5.74, 6) is -0.0984. The van der Waals surface area contributed by atoms with Gasteiger partial charge in [0.05, 0.1) is 4.47 Å². The van der Waals surface area contributed by atoms with Gasteiger partial charge in [0.1, 0.15) is 0 Å². The molecule has 13 heavy (non-hydrogen) atoms. The molecule has 0 saturated heterocycles. The predicted octanol–water partition coefficient (Wildman–Crippen LogP) is 1.37. The van der Waals surface area contributed by atoms with E-state index in [1.165, 1.54) is 0 Å². The highest BCUT2D eigenvalue weighted by Crippen LogP contribution is 2.22. The minimum atomic E-state index is -0.0984. The van der Waals surface area contributed by atoms with Crippen molar-refractivity contribution in [2.45, 2.75) is 25.8 Å². The third-order valence-electron chi connectivity index (χ3n) is 2.00. The van der Waals surface area contributed by atoms with Gasteiger partial charge in [-0.2, -0.15) is 5.10 Å². The number of hydrogen-bond acceptors (Lipinski definition) is 2. The maximum Gasteiger partial charge on any atom is 0.273 e. The molecule has 0 bridgehead atoms. The first-order chi connectivity index (χ1) is 6.18. The lowest BCUT2D eigenvalue weighted by Crippen LogP contribution is -2.26. The second kappa shape index (κ2) is 3.14. The molecule has 5 heteroatoms. The lowest BCUT2D eigenvalue weighted by Gasteiger charge is -1.99. The van der Waals surface area contributed by atoms with Gasteiger partial charge in [0.25, 0.3) is 5.91 Å². The zero-order valence-electron chi connectivity index (χ0n) is 7.22. The van der Waals surface area contributed by atoms with Crippen molar-refractivity contribution in [1.29, 1.82) is 0 Å². The summed E-state index contributed by atoms with van der Waals surface area (Å²) in [4.78, 5) is 11.5. The zero-order valence-corrected chi connectivity index (χ0v) is 8.81. The van der Waals surface area contributed by atoms with E-state index in [1.54, 1.807) is 0 Å². The summed E-state index contributed by atoms with van der Waals surface area (Å²) in [6.45, 7) is 1.87. The molecule has 0 aromatic carbocycles. The molecule has 4 nitrogen and oxygen atoms in total. The van der Waals surface area contributed by atoms with Crippen molar-refractivity contribution in [3.8, 4) is 0 Å². The molecule has 1 saturated carbocycles. The Morgan fingerprint density at radius 2 is 2.38 bits per heavy atom. The molecule has 2 rings (SSSR count). The highest BCUT2D eigenvalue weighted by atomic mass is 79.9. The molecule has 0 atom stereocenters. The number of rotatable bonds is 2. The normalized spacial score (nSPS) is 15.8. The van der Waals surface area contributed by atoms with Gasteiger partial charge in [-0.1, -0.05) is 0 Å². The van der Waals surface area contributed by atoms with Crippen LogP contribution in [0.3, 0.4) is 0 Å². The fraction of sp³-hybridized carbons (Fsp3) is 0.500. The van der Waals surface area contributed by atoms with Gasteiger partial charge in [-0.05, 0) is 35.7 Å². The van der Waals surface area contributed by atoms with E-state index in [4.69, 9.17) is 0 Å². The van der Waals surface area contributed by atoms with Crippen LogP contribution in [0.25, 0.3) is 0 Å². The number of carbonyl (C=O) groups is 1. The van der Waals surface area contributed by atoms with Crippen LogP contribution in [-0.2, 0) is 0 Å². The fourth-order valence-corrected chi connectivity index (χ4v) is 1.40. The molecule has 0 aliphatic heterocycles. The molecule has 1 amide bonds. The van der Waals surface area contributed by atoms with E-state index in [2.05, 4.69) is 31.4 Å². The van der Waals surface area contributed by atoms with Crippen LogP contribution in [0.2, 0.25) is 0 Å². The van der Waals surface area contributed by atoms with E-state index in [1.807, 2.05) is 6.92 Å². The van der Waals surface area contributed by atoms with Gasteiger partial charge in [0.15, 0.2) is 5.69 Å². The quantitative estimate of drug-likeness (QED) is 0.825. The molecule has 1 aromatic rings. The Morgan fingerprint density at radius 1 is 1.69 bits per heavy atom. The number of H-pyrrole nitrogens is 1. The van der Waals surface area contributed by atoms with E-state index >= 15 is 0 Å². The van der Waals surface area contributed by atoms with Gasteiger partial charge in [-0.25, -0.2) is 0 Å². The Labute approximate surface area is 84.2 Å². The van der Waals surface area contributed by atoms with Crippen LogP contribution < -0.4 is 5.32 Å². The zero-order chi connectivity index (χ0) is 9.42. The molecule has 0 spiro atoms. The topological polar surface area (TPSA) is 57.8 Å². The Kier molecular flexibility index (Phi) is 2.11. The Hall–Kier alpha value is -0.840. The second-order valence-electron chi connectivity index (χ2n) is 3.26. The van der Waals surface area contributed by atoms with Crippen molar-refractivity contribution >= 4 is 21.8 Å². The number of nitrogens with zero attached hydrogens (tertiary/aromatic N) is 1. The van der Waals surface area contributed by atoms with Gasteiger partial charge >= 0.3 is 0 Å². The highest BCUT2D eigenvalue weighted by molar-refractivity contribution is 9.10. The first-order valence-electron chi connectivity index (χ1n) is 4.20. The lowest BCUT2D eigenvalue weighted by molar-refractivity contribution is 0.0945. The van der Waals surface area contributed by atoms with Crippen molar-refractivity contribution in [1.82, 2.24) is 15.5 Å². The highest BCUT2D eigenvalue weighted by Gasteiger charge is 2.26. The number of aromatic amines is 1. The fourth-order valence-electron chi connectivity index (χ4n) is 1.05. The number of amides is 1. The minimum absolute atomic E-state index is 0.0984. The van der Waals surface area contributed by atoms with Crippen LogP contribution in [0.1, 0.15) is 29.0 Å². The van der Waals surface area contributed by atoms with Crippen molar-refractivity contribution in [2.75, 3.05) is 0 Å². The molecule has 1 fully saturated rings. The summed E-state index contributed by atoms with van der Waals surface area (Å²) in [6.07, 6.45) is 2.18. The van der Waals surface area contributed by atoms with Crippen LogP contribution >= 0.6 is 15.9 Å². The van der Waals surface area contributed by atoms with Crippen molar-refractivity contribution in [2.24, 2.45) is 0 Å². The largest absolute Gasteiger partial charge is 0.348 e. The molecule has 1 aliphatic rings. The van der Waals surface area contributed by atoms with Gasteiger partial charge in [-0.15, -0.1) is 0 Å². The van der Waals surface area contributed by atoms with E-state index in [-0.39, 0.29) is 5.91 Å². The van der Waals surface area contributed by atoms with Gasteiger partial charge in [-0.3, -0.25) is 9.89 Å². The average molecular weight is 244 g/mol. The summed E-state index contributed by atoms with van der Waals surface area (Å²) in [7, 11) is 0. The molecule has 0 unspecified atom stereocenters. The first kappa shape index (κ1) is 8.74. The molecule has 2 N–H and O–H groups in total. The van der Waals surface area contributed by atoms with Crippen molar-refractivity contribution in [3.05, 3.63) is 15.9 Å². The maximum atomic E-state index is 11.5. The van der Waals surface area contributed by atoms with E-state index in [0.29, 0.717) is 11.7 Å². The SMILES string of the molecule is Cc1[nH]nc(C(=O)NC2CC2)c1Br. The van der Waals surface area contributed by atoms with Crippen LogP contribution in [0.4, 0.5) is 0 Å². The Balaban J connectivity index is 2.14. The number of hydrogen-bond donors (Lipinski definition) is 2. The number of aryl methyl sites for hydroxylation is 1. The number of halogens is 1. The third kappa shape index (κ3) is 1.75. The van der Waals surface area contributed by atoms with E-state index < -0.39 is 0 Å². The van der Waals surface area contributed by atoms with Gasteiger partial charge in [0.2, 0.25) is 0 Å². The van der Waals surface area contributed by atoms with Crippen LogP contribution in [0, 0.1) is 6.92 Å². The van der Waals surface area contributed by atoms with Crippen molar-refractivity contribution < 1.29 is 4.79 Å². The first-order valence-corrected chi connectivity index (χ1v) is 4.99. The van der Waals surface area contributed by atoms with Gasteiger partial charge in [0, 0.05) is 11.7 Å². The Morgan fingerprint density at radius 3 is 2.85 bits per heavy atom. The van der Waals surface area contributed by atoms with Crippen LogP contribution in [0.15, 0.2) is 4.47 Å². The van der Waals surface area contributed by atoms with Crippen LogP contribution in [0.5, 0.6) is 0 Å². The smallest absolute Gasteiger partial charge is 0.273 e. The number of aromatic nitrogens is 2. The number of carbonyl (C=O) groups excluding carboxylic acids is 1. The maximum absolute atomic E-state index is 11.5. The van der Waals surface area contributed by atoms with Gasteiger partial charge < -0.3 is 5.32 Å². The van der Waals surface area contributed by atoms with Crippen LogP contribution in [-0.4, -0.2) is 22.1 Å². The van der Waals surface area contributed by atoms with Crippen molar-refractivity contribution in [3.63, 3.8) is 0 Å². The molecular weight excluding hydrogens is 234 g/mol. The third-order valence-corrected chi connectivity index (χ3v) is 2.97. The Bertz CT molecular complexity index is 343. The number of nitrogens with one attached hydrogen (secondary N) is 2.